The monoisotopic (exact) mass is 411 g/mol. The van der Waals surface area contributed by atoms with E-state index < -0.39 is 29.5 Å². The maximum atomic E-state index is 12.5. The van der Waals surface area contributed by atoms with Crippen LogP contribution >= 0.6 is 0 Å². The first-order chi connectivity index (χ1) is 14.2. The molecule has 2 aromatic carbocycles. The average molecular weight is 411 g/mol. The zero-order valence-electron chi connectivity index (χ0n) is 16.7. The van der Waals surface area contributed by atoms with Crippen LogP contribution in [0.25, 0.3) is 0 Å². The molecule has 0 spiro atoms. The molecule has 0 heterocycles. The van der Waals surface area contributed by atoms with Crippen molar-refractivity contribution in [3.8, 4) is 0 Å². The van der Waals surface area contributed by atoms with Crippen molar-refractivity contribution in [2.24, 2.45) is 0 Å². The van der Waals surface area contributed by atoms with Gasteiger partial charge in [-0.1, -0.05) is 12.1 Å². The van der Waals surface area contributed by atoms with Crippen LogP contribution in [0.15, 0.2) is 42.5 Å². The summed E-state index contributed by atoms with van der Waals surface area (Å²) in [6, 6.07) is 10.1. The topological polar surface area (TPSA) is 133 Å². The molecule has 0 aliphatic heterocycles. The van der Waals surface area contributed by atoms with Gasteiger partial charge >= 0.3 is 5.97 Å². The number of Topliss-reactive ketones (excluding diaryl/α,β-unsaturated/α-hetero) is 1. The first-order valence-corrected chi connectivity index (χ1v) is 8.94. The Hall–Kier alpha value is -4.01. The number of carboxylic acid groups (broad SMARTS) is 1. The number of amides is 3. The minimum atomic E-state index is -1.18. The molecule has 3 amide bonds. The summed E-state index contributed by atoms with van der Waals surface area (Å²) in [6.45, 7) is 2.10. The second-order valence-electron chi connectivity index (χ2n) is 6.31. The number of anilines is 2. The third-order valence-electron chi connectivity index (χ3n) is 4.25. The van der Waals surface area contributed by atoms with Gasteiger partial charge in [0.05, 0.1) is 23.5 Å². The van der Waals surface area contributed by atoms with E-state index in [-0.39, 0.29) is 34.6 Å². The fourth-order valence-corrected chi connectivity index (χ4v) is 2.96. The lowest BCUT2D eigenvalue weighted by molar-refractivity contribution is -0.124. The molecule has 0 aliphatic rings. The van der Waals surface area contributed by atoms with E-state index in [1.165, 1.54) is 63.4 Å². The maximum absolute atomic E-state index is 12.5. The predicted octanol–water partition coefficient (Wildman–Crippen LogP) is 1.94. The summed E-state index contributed by atoms with van der Waals surface area (Å²) < 4.78 is 0. The summed E-state index contributed by atoms with van der Waals surface area (Å²) in [6.07, 6.45) is 0. The third-order valence-corrected chi connectivity index (χ3v) is 4.25. The second kappa shape index (κ2) is 9.46. The van der Waals surface area contributed by atoms with Gasteiger partial charge in [-0.25, -0.2) is 4.79 Å². The van der Waals surface area contributed by atoms with Crippen LogP contribution in [0.1, 0.15) is 44.9 Å². The Morgan fingerprint density at radius 2 is 1.53 bits per heavy atom. The molecule has 0 fully saturated rings. The Bertz CT molecular complexity index is 1020. The van der Waals surface area contributed by atoms with E-state index in [1.54, 1.807) is 0 Å². The summed E-state index contributed by atoms with van der Waals surface area (Å²) in [5.41, 5.74) is 0.619. The number of imide groups is 1. The molecule has 0 unspecified atom stereocenters. The Morgan fingerprint density at radius 3 is 2.10 bits per heavy atom. The number of carbonyl (C=O) groups is 5. The summed E-state index contributed by atoms with van der Waals surface area (Å²) in [5.74, 6) is -3.24. The minimum absolute atomic E-state index is 0.0593. The molecule has 9 heteroatoms. The highest BCUT2D eigenvalue weighted by molar-refractivity contribution is 6.14. The van der Waals surface area contributed by atoms with Gasteiger partial charge in [0.2, 0.25) is 11.8 Å². The van der Waals surface area contributed by atoms with Gasteiger partial charge in [0.25, 0.3) is 5.91 Å². The van der Waals surface area contributed by atoms with Gasteiger partial charge in [0.15, 0.2) is 5.78 Å². The van der Waals surface area contributed by atoms with Crippen molar-refractivity contribution in [1.29, 1.82) is 0 Å². The number of hydrogen-bond donors (Lipinski definition) is 3. The number of hydrogen-bond acceptors (Lipinski definition) is 6. The summed E-state index contributed by atoms with van der Waals surface area (Å²) >= 11 is 0. The SMILES string of the molecule is CNc1c(C(=O)O)cccc1C(=O)CNC(=O)c1cccc(N(C(C)=O)C(C)=O)c1. The Labute approximate surface area is 172 Å². The molecule has 2 aromatic rings. The number of para-hydroxylation sites is 1. The first-order valence-electron chi connectivity index (χ1n) is 8.94. The summed E-state index contributed by atoms with van der Waals surface area (Å²) in [5, 5.41) is 14.4. The fraction of sp³-hybridized carbons (Fsp3) is 0.190. The average Bonchev–Trinajstić information content (AvgIpc) is 2.70. The van der Waals surface area contributed by atoms with E-state index in [0.717, 1.165) is 4.90 Å². The quantitative estimate of drug-likeness (QED) is 0.593. The highest BCUT2D eigenvalue weighted by Gasteiger charge is 2.20. The van der Waals surface area contributed by atoms with Crippen molar-refractivity contribution in [3.05, 3.63) is 59.2 Å². The van der Waals surface area contributed by atoms with Crippen LogP contribution in [0.2, 0.25) is 0 Å². The van der Waals surface area contributed by atoms with Gasteiger partial charge in [-0.15, -0.1) is 0 Å². The zero-order chi connectivity index (χ0) is 22.4. The van der Waals surface area contributed by atoms with Gasteiger partial charge in [-0.3, -0.25) is 24.1 Å². The summed E-state index contributed by atoms with van der Waals surface area (Å²) in [7, 11) is 1.50. The van der Waals surface area contributed by atoms with Gasteiger partial charge < -0.3 is 15.7 Å². The van der Waals surface area contributed by atoms with Gasteiger partial charge in [0, 0.05) is 32.0 Å². The standard InChI is InChI=1S/C21H21N3O6/c1-12(25)24(13(2)26)15-7-4-6-14(10-15)20(28)23-11-18(27)16-8-5-9-17(21(29)30)19(16)22-3/h4-10,22H,11H2,1-3H3,(H,23,28)(H,29,30). The number of carboxylic acids is 1. The molecular formula is C21H21N3O6. The van der Waals surface area contributed by atoms with Crippen molar-refractivity contribution in [3.63, 3.8) is 0 Å². The van der Waals surface area contributed by atoms with Crippen LogP contribution in [-0.4, -0.2) is 48.2 Å². The Balaban J connectivity index is 2.19. The number of nitrogens with one attached hydrogen (secondary N) is 2. The predicted molar refractivity (Wildman–Crippen MR) is 110 cm³/mol. The lowest BCUT2D eigenvalue weighted by Gasteiger charge is -2.17. The normalized spacial score (nSPS) is 10.1. The van der Waals surface area contributed by atoms with Crippen molar-refractivity contribution < 1.29 is 29.1 Å². The van der Waals surface area contributed by atoms with Crippen molar-refractivity contribution in [2.75, 3.05) is 23.8 Å². The maximum Gasteiger partial charge on any atom is 0.337 e. The first kappa shape index (κ1) is 22.3. The number of nitrogens with zero attached hydrogens (tertiary/aromatic N) is 1. The van der Waals surface area contributed by atoms with Gasteiger partial charge in [0.1, 0.15) is 0 Å². The molecule has 0 saturated carbocycles. The summed E-state index contributed by atoms with van der Waals surface area (Å²) in [4.78, 5) is 60.6. The van der Waals surface area contributed by atoms with E-state index in [0.29, 0.717) is 0 Å². The molecule has 0 atom stereocenters. The molecular weight excluding hydrogens is 390 g/mol. The number of carbonyl (C=O) groups excluding carboxylic acids is 4. The second-order valence-corrected chi connectivity index (χ2v) is 6.31. The van der Waals surface area contributed by atoms with Crippen molar-refractivity contribution in [2.45, 2.75) is 13.8 Å². The van der Waals surface area contributed by atoms with Crippen LogP contribution < -0.4 is 15.5 Å². The molecule has 0 aromatic heterocycles. The van der Waals surface area contributed by atoms with Crippen LogP contribution in [0.5, 0.6) is 0 Å². The molecule has 3 N–H and O–H groups in total. The highest BCUT2D eigenvalue weighted by atomic mass is 16.4. The van der Waals surface area contributed by atoms with Crippen molar-refractivity contribution >= 4 is 40.8 Å². The highest BCUT2D eigenvalue weighted by Crippen LogP contribution is 2.21. The van der Waals surface area contributed by atoms with E-state index in [9.17, 15) is 29.1 Å². The number of aromatic carboxylic acids is 1. The van der Waals surface area contributed by atoms with Crippen LogP contribution in [-0.2, 0) is 9.59 Å². The third kappa shape index (κ3) is 4.88. The van der Waals surface area contributed by atoms with Crippen LogP contribution in [0.4, 0.5) is 11.4 Å². The molecule has 156 valence electrons. The smallest absolute Gasteiger partial charge is 0.337 e. The van der Waals surface area contributed by atoms with Crippen LogP contribution in [0, 0.1) is 0 Å². The fourth-order valence-electron chi connectivity index (χ4n) is 2.96. The molecule has 0 bridgehead atoms. The molecule has 30 heavy (non-hydrogen) atoms. The molecule has 0 saturated heterocycles. The molecule has 2 rings (SSSR count). The largest absolute Gasteiger partial charge is 0.478 e. The van der Waals surface area contributed by atoms with E-state index >= 15 is 0 Å². The number of ketones is 1. The lowest BCUT2D eigenvalue weighted by atomic mass is 10.0. The Kier molecular flexibility index (Phi) is 7.03. The van der Waals surface area contributed by atoms with E-state index in [1.807, 2.05) is 0 Å². The van der Waals surface area contributed by atoms with E-state index in [4.69, 9.17) is 0 Å². The zero-order valence-corrected chi connectivity index (χ0v) is 16.7. The van der Waals surface area contributed by atoms with Gasteiger partial charge in [-0.2, -0.15) is 0 Å². The lowest BCUT2D eigenvalue weighted by Crippen LogP contribution is -2.34. The van der Waals surface area contributed by atoms with Crippen LogP contribution in [0.3, 0.4) is 0 Å². The number of rotatable bonds is 7. The molecule has 9 nitrogen and oxygen atoms in total. The Morgan fingerprint density at radius 1 is 0.933 bits per heavy atom. The number of benzene rings is 2. The molecule has 0 aliphatic carbocycles. The van der Waals surface area contributed by atoms with Crippen molar-refractivity contribution in [1.82, 2.24) is 5.32 Å². The molecule has 0 radical (unpaired) electrons. The van der Waals surface area contributed by atoms with Gasteiger partial charge in [-0.05, 0) is 30.3 Å². The minimum Gasteiger partial charge on any atom is -0.478 e. The van der Waals surface area contributed by atoms with E-state index in [2.05, 4.69) is 10.6 Å².